The third kappa shape index (κ3) is 3.01. The van der Waals surface area contributed by atoms with Gasteiger partial charge >= 0.3 is 0 Å². The highest BCUT2D eigenvalue weighted by Crippen LogP contribution is 2.28. The predicted octanol–water partition coefficient (Wildman–Crippen LogP) is 4.10. The Morgan fingerprint density at radius 2 is 1.82 bits per heavy atom. The first kappa shape index (κ1) is 18.1. The maximum absolute atomic E-state index is 14.8. The van der Waals surface area contributed by atoms with Crippen molar-refractivity contribution in [2.75, 3.05) is 0 Å². The van der Waals surface area contributed by atoms with Crippen LogP contribution in [-0.2, 0) is 5.60 Å². The minimum atomic E-state index is -1.36. The zero-order chi connectivity index (χ0) is 20.1. The summed E-state index contributed by atoms with van der Waals surface area (Å²) >= 11 is 0. The first-order valence-corrected chi connectivity index (χ1v) is 8.43. The highest BCUT2D eigenvalue weighted by atomic mass is 19.1. The normalized spacial score (nSPS) is 11.9. The van der Waals surface area contributed by atoms with Crippen LogP contribution in [0.3, 0.4) is 0 Å². The van der Waals surface area contributed by atoms with Crippen LogP contribution in [0.1, 0.15) is 19.4 Å². The van der Waals surface area contributed by atoms with E-state index in [-0.39, 0.29) is 22.6 Å². The molecule has 3 heterocycles. The Morgan fingerprint density at radius 1 is 1.04 bits per heavy atom. The lowest BCUT2D eigenvalue weighted by atomic mass is 9.99. The largest absolute Gasteiger partial charge is 0.386 e. The Balaban J connectivity index is 1.84. The van der Waals surface area contributed by atoms with Crippen molar-refractivity contribution in [1.82, 2.24) is 19.4 Å². The van der Waals surface area contributed by atoms with Crippen molar-refractivity contribution in [3.8, 4) is 22.8 Å². The highest BCUT2D eigenvalue weighted by molar-refractivity contribution is 5.64. The number of nitrogens with zero attached hydrogens (tertiary/aromatic N) is 4. The number of hydrogen-bond acceptors (Lipinski definition) is 4. The van der Waals surface area contributed by atoms with Crippen LogP contribution in [-0.4, -0.2) is 24.5 Å². The summed E-state index contributed by atoms with van der Waals surface area (Å²) in [6.07, 6.45) is 4.44. The van der Waals surface area contributed by atoms with Crippen LogP contribution < -0.4 is 0 Å². The summed E-state index contributed by atoms with van der Waals surface area (Å²) in [5.41, 5.74) is -0.316. The van der Waals surface area contributed by atoms with E-state index in [0.29, 0.717) is 11.4 Å². The molecule has 0 fully saturated rings. The summed E-state index contributed by atoms with van der Waals surface area (Å²) in [6.45, 7) is 2.97. The molecule has 0 amide bonds. The number of aliphatic hydroxyl groups is 1. The van der Waals surface area contributed by atoms with Crippen molar-refractivity contribution in [2.45, 2.75) is 19.4 Å². The number of halogens is 3. The molecular formula is C20H15F3N4O. The fourth-order valence-corrected chi connectivity index (χ4v) is 2.98. The molecule has 0 aliphatic rings. The molecule has 0 aliphatic heterocycles. The van der Waals surface area contributed by atoms with E-state index < -0.39 is 23.1 Å². The summed E-state index contributed by atoms with van der Waals surface area (Å²) in [6, 6.07) is 6.18. The van der Waals surface area contributed by atoms with Gasteiger partial charge in [0.2, 0.25) is 0 Å². The van der Waals surface area contributed by atoms with E-state index in [1.54, 1.807) is 12.3 Å². The minimum Gasteiger partial charge on any atom is -0.386 e. The molecule has 1 aromatic carbocycles. The Hall–Kier alpha value is -3.26. The van der Waals surface area contributed by atoms with Gasteiger partial charge in [0.15, 0.2) is 17.3 Å². The molecule has 28 heavy (non-hydrogen) atoms. The number of pyridine rings is 1. The molecule has 5 nitrogen and oxygen atoms in total. The van der Waals surface area contributed by atoms with Crippen molar-refractivity contribution < 1.29 is 18.3 Å². The fraction of sp³-hybridized carbons (Fsp3) is 0.150. The number of imidazole rings is 1. The maximum atomic E-state index is 14.8. The second-order valence-electron chi connectivity index (χ2n) is 6.83. The molecule has 0 saturated heterocycles. The van der Waals surface area contributed by atoms with E-state index in [0.717, 1.165) is 12.1 Å². The summed E-state index contributed by atoms with van der Waals surface area (Å²) in [5, 5.41) is 10.1. The van der Waals surface area contributed by atoms with Gasteiger partial charge in [-0.05, 0) is 38.1 Å². The number of rotatable bonds is 3. The zero-order valence-electron chi connectivity index (χ0n) is 15.0. The van der Waals surface area contributed by atoms with Crippen molar-refractivity contribution in [1.29, 1.82) is 0 Å². The second kappa shape index (κ2) is 6.42. The topological polar surface area (TPSA) is 63.3 Å². The second-order valence-corrected chi connectivity index (χ2v) is 6.83. The molecule has 4 aromatic rings. The van der Waals surface area contributed by atoms with Gasteiger partial charge in [-0.15, -0.1) is 0 Å². The van der Waals surface area contributed by atoms with Crippen LogP contribution >= 0.6 is 0 Å². The lowest BCUT2D eigenvalue weighted by Gasteiger charge is -2.18. The SMILES string of the molecule is CC(C)(O)c1ccn2c(-c3ccnc(-c4ccc(F)cc4F)n3)cnc2c1F. The van der Waals surface area contributed by atoms with Gasteiger partial charge in [0.25, 0.3) is 0 Å². The lowest BCUT2D eigenvalue weighted by Crippen LogP contribution is -2.18. The maximum Gasteiger partial charge on any atom is 0.174 e. The van der Waals surface area contributed by atoms with Gasteiger partial charge in [-0.2, -0.15) is 0 Å². The van der Waals surface area contributed by atoms with Crippen molar-refractivity contribution >= 4 is 5.65 Å². The summed E-state index contributed by atoms with van der Waals surface area (Å²) in [4.78, 5) is 12.5. The third-order valence-electron chi connectivity index (χ3n) is 4.37. The molecule has 0 saturated carbocycles. The first-order chi connectivity index (χ1) is 13.3. The predicted molar refractivity (Wildman–Crippen MR) is 96.8 cm³/mol. The van der Waals surface area contributed by atoms with Gasteiger partial charge in [-0.25, -0.2) is 28.1 Å². The van der Waals surface area contributed by atoms with E-state index in [1.807, 2.05) is 0 Å². The van der Waals surface area contributed by atoms with Crippen molar-refractivity contribution in [2.24, 2.45) is 0 Å². The number of hydrogen-bond donors (Lipinski definition) is 1. The molecule has 0 bridgehead atoms. The molecule has 0 radical (unpaired) electrons. The van der Waals surface area contributed by atoms with E-state index in [1.165, 1.54) is 42.8 Å². The molecule has 0 aliphatic carbocycles. The molecule has 3 aromatic heterocycles. The van der Waals surface area contributed by atoms with Crippen LogP contribution in [0.15, 0.2) is 48.9 Å². The number of aromatic nitrogens is 4. The molecule has 0 spiro atoms. The fourth-order valence-electron chi connectivity index (χ4n) is 2.98. The van der Waals surface area contributed by atoms with Gasteiger partial charge < -0.3 is 5.11 Å². The summed E-state index contributed by atoms with van der Waals surface area (Å²) < 4.78 is 43.5. The molecular weight excluding hydrogens is 369 g/mol. The number of benzene rings is 1. The molecule has 1 N–H and O–H groups in total. The van der Waals surface area contributed by atoms with Gasteiger partial charge in [0.05, 0.1) is 28.7 Å². The van der Waals surface area contributed by atoms with Crippen molar-refractivity contribution in [3.05, 3.63) is 71.9 Å². The van der Waals surface area contributed by atoms with E-state index in [2.05, 4.69) is 15.0 Å². The van der Waals surface area contributed by atoms with E-state index >= 15 is 0 Å². The molecule has 0 atom stereocenters. The third-order valence-corrected chi connectivity index (χ3v) is 4.37. The first-order valence-electron chi connectivity index (χ1n) is 8.43. The van der Waals surface area contributed by atoms with Crippen LogP contribution in [0, 0.1) is 17.5 Å². The van der Waals surface area contributed by atoms with Gasteiger partial charge in [0, 0.05) is 24.0 Å². The Kier molecular flexibility index (Phi) is 4.15. The van der Waals surface area contributed by atoms with Gasteiger partial charge in [-0.3, -0.25) is 4.40 Å². The quantitative estimate of drug-likeness (QED) is 0.578. The van der Waals surface area contributed by atoms with Crippen molar-refractivity contribution in [3.63, 3.8) is 0 Å². The highest BCUT2D eigenvalue weighted by Gasteiger charge is 2.24. The Bertz CT molecular complexity index is 1200. The monoisotopic (exact) mass is 384 g/mol. The average molecular weight is 384 g/mol. The Labute approximate surface area is 158 Å². The van der Waals surface area contributed by atoms with E-state index in [9.17, 15) is 18.3 Å². The zero-order valence-corrected chi connectivity index (χ0v) is 15.0. The molecule has 4 rings (SSSR count). The van der Waals surface area contributed by atoms with Crippen LogP contribution in [0.2, 0.25) is 0 Å². The average Bonchev–Trinajstić information content (AvgIpc) is 3.06. The van der Waals surface area contributed by atoms with Gasteiger partial charge in [0.1, 0.15) is 11.6 Å². The summed E-state index contributed by atoms with van der Waals surface area (Å²) in [5.74, 6) is -2.05. The van der Waals surface area contributed by atoms with E-state index in [4.69, 9.17) is 0 Å². The van der Waals surface area contributed by atoms with Crippen LogP contribution in [0.25, 0.3) is 28.4 Å². The molecule has 8 heteroatoms. The Morgan fingerprint density at radius 3 is 2.54 bits per heavy atom. The van der Waals surface area contributed by atoms with Crippen LogP contribution in [0.5, 0.6) is 0 Å². The summed E-state index contributed by atoms with van der Waals surface area (Å²) in [7, 11) is 0. The van der Waals surface area contributed by atoms with Gasteiger partial charge in [-0.1, -0.05) is 0 Å². The standard InChI is InChI=1S/C20H15F3N4O/c1-20(2,28)13-6-8-27-16(10-25-19(27)17(13)23)15-5-7-24-18(26-15)12-4-3-11(21)9-14(12)22/h3-10,28H,1-2H3. The minimum absolute atomic E-state index is 0.0303. The molecule has 0 unspecified atom stereocenters. The smallest absolute Gasteiger partial charge is 0.174 e. The number of fused-ring (bicyclic) bond motifs is 1. The van der Waals surface area contributed by atoms with Crippen LogP contribution in [0.4, 0.5) is 13.2 Å². The lowest BCUT2D eigenvalue weighted by molar-refractivity contribution is 0.0746. The molecule has 142 valence electrons.